The highest BCUT2D eigenvalue weighted by atomic mass is 32.2. The van der Waals surface area contributed by atoms with Crippen LogP contribution < -0.4 is 4.74 Å². The summed E-state index contributed by atoms with van der Waals surface area (Å²) in [6.07, 6.45) is 6.89. The highest BCUT2D eigenvalue weighted by Gasteiger charge is 2.55. The molecule has 26 heavy (non-hydrogen) atoms. The van der Waals surface area contributed by atoms with Crippen molar-refractivity contribution in [3.63, 3.8) is 0 Å². The van der Waals surface area contributed by atoms with Crippen molar-refractivity contribution in [3.8, 4) is 24.2 Å². The topological polar surface area (TPSA) is 70.3 Å². The van der Waals surface area contributed by atoms with E-state index in [-0.39, 0.29) is 27.3 Å². The smallest absolute Gasteiger partial charge is 0.354 e. The van der Waals surface area contributed by atoms with Gasteiger partial charge in [0.2, 0.25) is 0 Å². The fourth-order valence-corrected chi connectivity index (χ4v) is 3.84. The third-order valence-electron chi connectivity index (χ3n) is 3.82. The Kier molecular flexibility index (Phi) is 4.49. The molecule has 1 N–H and O–H groups in total. The second-order valence-corrected chi connectivity index (χ2v) is 6.95. The zero-order valence-electron chi connectivity index (χ0n) is 12.9. The maximum atomic E-state index is 13.9. The molecule has 1 aromatic carbocycles. The molecule has 4 nitrogen and oxygen atoms in total. The van der Waals surface area contributed by atoms with Crippen LogP contribution >= 0.6 is 0 Å². The van der Waals surface area contributed by atoms with Crippen LogP contribution in [0.3, 0.4) is 0 Å². The zero-order valence-corrected chi connectivity index (χ0v) is 13.8. The summed E-state index contributed by atoms with van der Waals surface area (Å²) in [5, 5.41) is 14.8. The largest absolute Gasteiger partial charge is 0.481 e. The number of rotatable bonds is 2. The molecule has 3 atom stereocenters. The van der Waals surface area contributed by atoms with E-state index in [1.165, 1.54) is 18.2 Å². The van der Waals surface area contributed by atoms with Crippen LogP contribution in [0, 0.1) is 23.7 Å². The molecule has 0 bridgehead atoms. The van der Waals surface area contributed by atoms with Crippen LogP contribution in [-0.2, 0) is 10.8 Å². The lowest BCUT2D eigenvalue weighted by Crippen LogP contribution is -2.24. The van der Waals surface area contributed by atoms with Gasteiger partial charge in [-0.05, 0) is 36.4 Å². The van der Waals surface area contributed by atoms with Crippen molar-refractivity contribution in [1.82, 2.24) is 0 Å². The molecule has 0 radical (unpaired) electrons. The molecule has 0 fully saturated rings. The molecule has 3 unspecified atom stereocenters. The number of halogens is 3. The van der Waals surface area contributed by atoms with Gasteiger partial charge in [-0.2, -0.15) is 14.0 Å². The summed E-state index contributed by atoms with van der Waals surface area (Å²) in [6, 6.07) is 4.16. The van der Waals surface area contributed by atoms with Crippen molar-refractivity contribution in [2.24, 2.45) is 0 Å². The lowest BCUT2D eigenvalue weighted by molar-refractivity contribution is -0.0346. The first-order valence-corrected chi connectivity index (χ1v) is 8.39. The average molecular weight is 377 g/mol. The van der Waals surface area contributed by atoms with E-state index in [1.54, 1.807) is 6.07 Å². The normalized spacial score (nSPS) is 26.0. The molecule has 8 heteroatoms. The molecule has 1 heterocycles. The maximum Gasteiger partial charge on any atom is 0.354 e. The predicted octanol–water partition coefficient (Wildman–Crippen LogP) is 3.04. The first-order valence-electron chi connectivity index (χ1n) is 7.24. The molecule has 2 aliphatic rings. The van der Waals surface area contributed by atoms with E-state index < -0.39 is 34.1 Å². The molecule has 0 aromatic heterocycles. The van der Waals surface area contributed by atoms with E-state index in [0.717, 1.165) is 18.2 Å². The fraction of sp³-hybridized carbons (Fsp3) is 0.167. The summed E-state index contributed by atoms with van der Waals surface area (Å²) >= 11 is 0. The number of allylic oxidation sites excluding steroid dienone is 4. The second-order valence-electron chi connectivity index (χ2n) is 5.43. The van der Waals surface area contributed by atoms with Crippen LogP contribution in [0.1, 0.15) is 17.2 Å². The lowest BCUT2D eigenvalue weighted by Gasteiger charge is -2.17. The van der Waals surface area contributed by atoms with Crippen LogP contribution in [0.2, 0.25) is 0 Å². The molecule has 3 rings (SSSR count). The Bertz CT molecular complexity index is 983. The minimum Gasteiger partial charge on any atom is -0.481 e. The lowest BCUT2D eigenvalue weighted by atomic mass is 10.0. The summed E-state index contributed by atoms with van der Waals surface area (Å²) in [5.74, 6) is 1.39. The first kappa shape index (κ1) is 18.0. The van der Waals surface area contributed by atoms with E-state index in [9.17, 15) is 22.5 Å². The number of fused-ring (bicyclic) bond motifs is 1. The summed E-state index contributed by atoms with van der Waals surface area (Å²) < 4.78 is 58.8. The first-order chi connectivity index (χ1) is 12.3. The van der Waals surface area contributed by atoms with Crippen LogP contribution in [0.4, 0.5) is 13.2 Å². The van der Waals surface area contributed by atoms with E-state index in [2.05, 4.69) is 5.92 Å². The number of hydrogen-bond acceptors (Lipinski definition) is 4. The summed E-state index contributed by atoms with van der Waals surface area (Å²) in [7, 11) is -2.74. The van der Waals surface area contributed by atoms with Crippen LogP contribution in [0.25, 0.3) is 0 Å². The molecule has 0 saturated heterocycles. The molecular weight excluding hydrogens is 367 g/mol. The monoisotopic (exact) mass is 377 g/mol. The van der Waals surface area contributed by atoms with E-state index in [4.69, 9.17) is 16.4 Å². The molecule has 1 aliphatic heterocycles. The van der Waals surface area contributed by atoms with Gasteiger partial charge < -0.3 is 9.84 Å². The van der Waals surface area contributed by atoms with Gasteiger partial charge in [-0.15, -0.1) is 6.42 Å². The van der Waals surface area contributed by atoms with Gasteiger partial charge in [0.05, 0.1) is 22.1 Å². The molecule has 132 valence electrons. The van der Waals surface area contributed by atoms with E-state index in [1.807, 2.05) is 0 Å². The van der Waals surface area contributed by atoms with Gasteiger partial charge in [0, 0.05) is 5.56 Å². The number of ether oxygens (including phenoxy) is 1. The van der Waals surface area contributed by atoms with Crippen molar-refractivity contribution in [1.29, 1.82) is 5.26 Å². The molecule has 1 aliphatic carbocycles. The standard InChI is InChI=1S/C18H10F3NO3S/c1-2-13-14(25-12-4-3-10(9-22)7-11(19)8-12)5-6-15-16(13)17(23)18(20,21)26(15)24/h1,3-8,12,17,23H. The van der Waals surface area contributed by atoms with Gasteiger partial charge in [-0.25, -0.2) is 8.60 Å². The Balaban J connectivity index is 2.02. The third-order valence-corrected chi connectivity index (χ3v) is 5.30. The van der Waals surface area contributed by atoms with Crippen LogP contribution in [-0.4, -0.2) is 20.7 Å². The van der Waals surface area contributed by atoms with Gasteiger partial charge in [0.25, 0.3) is 0 Å². The van der Waals surface area contributed by atoms with Crippen molar-refractivity contribution < 1.29 is 27.2 Å². The Morgan fingerprint density at radius 2 is 2.12 bits per heavy atom. The van der Waals surface area contributed by atoms with E-state index >= 15 is 0 Å². The number of terminal acetylenes is 1. The molecule has 1 aromatic rings. The minimum atomic E-state index is -3.87. The fourth-order valence-electron chi connectivity index (χ4n) is 2.62. The SMILES string of the molecule is C#Cc1c(OC2C=CC(C#N)=CC(F)=C2)ccc2c1C(O)C(F)(F)S2=O. The van der Waals surface area contributed by atoms with E-state index in [0.29, 0.717) is 0 Å². The van der Waals surface area contributed by atoms with Gasteiger partial charge >= 0.3 is 5.25 Å². The number of nitriles is 1. The Morgan fingerprint density at radius 1 is 1.38 bits per heavy atom. The molecule has 0 amide bonds. The van der Waals surface area contributed by atoms with Crippen molar-refractivity contribution >= 4 is 10.8 Å². The third kappa shape index (κ3) is 2.84. The zero-order chi connectivity index (χ0) is 19.1. The van der Waals surface area contributed by atoms with Crippen molar-refractivity contribution in [3.05, 3.63) is 59.0 Å². The minimum absolute atomic E-state index is 0.0564. The van der Waals surface area contributed by atoms with Gasteiger partial charge in [-0.3, -0.25) is 0 Å². The average Bonchev–Trinajstić information content (AvgIpc) is 2.74. The summed E-state index contributed by atoms with van der Waals surface area (Å²) in [5.41, 5.74) is -0.451. The highest BCUT2D eigenvalue weighted by molar-refractivity contribution is 7.86. The van der Waals surface area contributed by atoms with Gasteiger partial charge in [0.15, 0.2) is 6.10 Å². The Morgan fingerprint density at radius 3 is 2.77 bits per heavy atom. The molecular formula is C18H10F3NO3S. The van der Waals surface area contributed by atoms with Crippen molar-refractivity contribution in [2.45, 2.75) is 22.4 Å². The number of aliphatic hydroxyl groups is 1. The number of benzene rings is 1. The number of alkyl halides is 2. The van der Waals surface area contributed by atoms with Crippen molar-refractivity contribution in [2.75, 3.05) is 0 Å². The Hall–Kier alpha value is -2.81. The molecule has 0 saturated carbocycles. The van der Waals surface area contributed by atoms with Gasteiger partial charge in [-0.1, -0.05) is 5.92 Å². The summed E-state index contributed by atoms with van der Waals surface area (Å²) in [6.45, 7) is 0. The van der Waals surface area contributed by atoms with Crippen LogP contribution in [0.5, 0.6) is 5.75 Å². The summed E-state index contributed by atoms with van der Waals surface area (Å²) in [4.78, 5) is -0.269. The quantitative estimate of drug-likeness (QED) is 0.805. The van der Waals surface area contributed by atoms with Crippen LogP contribution in [0.15, 0.2) is 52.7 Å². The van der Waals surface area contributed by atoms with Gasteiger partial charge in [0.1, 0.15) is 28.5 Å². The highest BCUT2D eigenvalue weighted by Crippen LogP contribution is 2.49. The number of hydrogen-bond donors (Lipinski definition) is 1. The number of aliphatic hydroxyl groups excluding tert-OH is 1. The maximum absolute atomic E-state index is 13.9. The Labute approximate surface area is 149 Å². The number of nitrogens with zero attached hydrogens (tertiary/aromatic N) is 1. The second kappa shape index (κ2) is 6.49. The molecule has 0 spiro atoms. The predicted molar refractivity (Wildman–Crippen MR) is 87.1 cm³/mol.